The highest BCUT2D eigenvalue weighted by atomic mass is 32.2. The number of amides is 1. The molecule has 5 nitrogen and oxygen atoms in total. The molecule has 1 heterocycles. The van der Waals surface area contributed by atoms with E-state index in [1.165, 1.54) is 24.4 Å². The van der Waals surface area contributed by atoms with Gasteiger partial charge in [0.05, 0.1) is 12.0 Å². The second-order valence-electron chi connectivity index (χ2n) is 6.40. The van der Waals surface area contributed by atoms with Gasteiger partial charge in [-0.2, -0.15) is 0 Å². The zero-order chi connectivity index (χ0) is 20.1. The summed E-state index contributed by atoms with van der Waals surface area (Å²) >= 11 is 1.42. The minimum atomic E-state index is -0.238. The Labute approximate surface area is 169 Å². The van der Waals surface area contributed by atoms with Crippen LogP contribution in [0, 0.1) is 0 Å². The van der Waals surface area contributed by atoms with Crippen LogP contribution in [0.2, 0.25) is 0 Å². The first-order valence-electron chi connectivity index (χ1n) is 9.09. The predicted molar refractivity (Wildman–Crippen MR) is 116 cm³/mol. The Hall–Kier alpha value is -2.86. The van der Waals surface area contributed by atoms with Crippen molar-refractivity contribution in [1.29, 1.82) is 0 Å². The lowest BCUT2D eigenvalue weighted by Crippen LogP contribution is -2.30. The van der Waals surface area contributed by atoms with E-state index in [0.717, 1.165) is 17.7 Å². The Kier molecular flexibility index (Phi) is 6.31. The predicted octanol–water partition coefficient (Wildman–Crippen LogP) is 4.29. The highest BCUT2D eigenvalue weighted by molar-refractivity contribution is 8.05. The number of benzene rings is 2. The first-order valence-corrected chi connectivity index (χ1v) is 9.97. The van der Waals surface area contributed by atoms with Crippen molar-refractivity contribution in [2.24, 2.45) is 0 Å². The van der Waals surface area contributed by atoms with Crippen molar-refractivity contribution in [2.75, 3.05) is 12.4 Å². The number of nitrogens with one attached hydrogen (secondary N) is 2. The molecule has 6 heteroatoms. The molecule has 1 atom stereocenters. The van der Waals surface area contributed by atoms with E-state index in [9.17, 15) is 9.90 Å². The minimum Gasteiger partial charge on any atom is -0.504 e. The fraction of sp³-hybridized carbons (Fsp3) is 0.227. The summed E-state index contributed by atoms with van der Waals surface area (Å²) < 4.78 is 5.25. The van der Waals surface area contributed by atoms with E-state index in [0.29, 0.717) is 22.6 Å². The number of aromatic hydroxyl groups is 1. The number of rotatable bonds is 7. The second kappa shape index (κ2) is 8.89. The Morgan fingerprint density at radius 1 is 1.32 bits per heavy atom. The van der Waals surface area contributed by atoms with Crippen molar-refractivity contribution in [3.05, 3.63) is 70.6 Å². The number of allylic oxidation sites excluding steroid dienone is 1. The number of thioether (sulfide) groups is 1. The topological polar surface area (TPSA) is 70.6 Å². The van der Waals surface area contributed by atoms with Gasteiger partial charge in [0.2, 0.25) is 0 Å². The van der Waals surface area contributed by atoms with Crippen LogP contribution in [0.15, 0.2) is 54.0 Å². The summed E-state index contributed by atoms with van der Waals surface area (Å²) in [6.45, 7) is 5.83. The summed E-state index contributed by atoms with van der Waals surface area (Å²) in [6, 6.07) is 11.7. The number of methoxy groups -OCH3 is 1. The summed E-state index contributed by atoms with van der Waals surface area (Å²) in [5, 5.41) is 16.5. The maximum atomic E-state index is 12.4. The van der Waals surface area contributed by atoms with Crippen molar-refractivity contribution < 1.29 is 14.6 Å². The zero-order valence-electron chi connectivity index (χ0n) is 16.0. The monoisotopic (exact) mass is 396 g/mol. The highest BCUT2D eigenvalue weighted by Crippen LogP contribution is 2.35. The molecular weight excluding hydrogens is 372 g/mol. The van der Waals surface area contributed by atoms with E-state index < -0.39 is 0 Å². The molecule has 0 aromatic heterocycles. The van der Waals surface area contributed by atoms with Gasteiger partial charge in [-0.25, -0.2) is 0 Å². The molecule has 28 heavy (non-hydrogen) atoms. The third-order valence-corrected chi connectivity index (χ3v) is 5.48. The summed E-state index contributed by atoms with van der Waals surface area (Å²) in [6.07, 6.45) is 5.02. The summed E-state index contributed by atoms with van der Waals surface area (Å²) in [7, 11) is 1.50. The van der Waals surface area contributed by atoms with Gasteiger partial charge < -0.3 is 20.5 Å². The Balaban J connectivity index is 1.78. The van der Waals surface area contributed by atoms with Crippen LogP contribution in [-0.4, -0.2) is 23.6 Å². The van der Waals surface area contributed by atoms with Gasteiger partial charge in [0.25, 0.3) is 5.91 Å². The molecule has 0 radical (unpaired) electrons. The number of anilines is 1. The molecule has 1 aliphatic rings. The Morgan fingerprint density at radius 3 is 2.71 bits per heavy atom. The molecule has 2 aromatic rings. The van der Waals surface area contributed by atoms with Gasteiger partial charge in [0, 0.05) is 11.3 Å². The molecule has 0 aliphatic carbocycles. The number of hydrogen-bond acceptors (Lipinski definition) is 5. The van der Waals surface area contributed by atoms with Crippen molar-refractivity contribution in [3.8, 4) is 11.5 Å². The number of ether oxygens (including phenoxy) is 1. The third-order valence-electron chi connectivity index (χ3n) is 4.45. The summed E-state index contributed by atoms with van der Waals surface area (Å²) in [5.41, 5.74) is 3.48. The first-order chi connectivity index (χ1) is 13.5. The van der Waals surface area contributed by atoms with Crippen molar-refractivity contribution in [3.63, 3.8) is 0 Å². The molecule has 0 unspecified atom stereocenters. The molecule has 0 saturated carbocycles. The highest BCUT2D eigenvalue weighted by Gasteiger charge is 2.27. The molecule has 146 valence electrons. The average molecular weight is 397 g/mol. The third kappa shape index (κ3) is 4.51. The van der Waals surface area contributed by atoms with E-state index in [-0.39, 0.29) is 17.2 Å². The Bertz CT molecular complexity index is 907. The lowest BCUT2D eigenvalue weighted by molar-refractivity contribution is -0.116. The minimum absolute atomic E-state index is 0.100. The standard InChI is InChI=1S/C22H24N2O3S/c1-4-6-16-11-15(12-18(27-3)20(16)25)13-19-21(26)24-22(28-19)23-17-9-7-14(5-2)8-10-17/h4,7-13,22-23,25H,1,5-6H2,2-3H3,(H,24,26)/b19-13-/t22-/m1/s1. The fourth-order valence-electron chi connectivity index (χ4n) is 2.94. The normalized spacial score (nSPS) is 17.4. The molecule has 2 aromatic carbocycles. The number of aryl methyl sites for hydroxylation is 1. The smallest absolute Gasteiger partial charge is 0.260 e. The average Bonchev–Trinajstić information content (AvgIpc) is 3.03. The van der Waals surface area contributed by atoms with Crippen LogP contribution in [0.1, 0.15) is 23.6 Å². The first kappa shape index (κ1) is 19.9. The number of hydrogen-bond donors (Lipinski definition) is 3. The van der Waals surface area contributed by atoms with Crippen LogP contribution in [0.25, 0.3) is 6.08 Å². The largest absolute Gasteiger partial charge is 0.504 e. The lowest BCUT2D eigenvalue weighted by atomic mass is 10.1. The van der Waals surface area contributed by atoms with Crippen molar-refractivity contribution >= 4 is 29.4 Å². The van der Waals surface area contributed by atoms with Gasteiger partial charge in [0.15, 0.2) is 17.0 Å². The molecule has 0 spiro atoms. The molecule has 1 fully saturated rings. The van der Waals surface area contributed by atoms with Crippen molar-refractivity contribution in [2.45, 2.75) is 25.3 Å². The number of phenolic OH excluding ortho intramolecular Hbond substituents is 1. The van der Waals surface area contributed by atoms with Crippen LogP contribution >= 0.6 is 11.8 Å². The molecule has 3 N–H and O–H groups in total. The van der Waals surface area contributed by atoms with E-state index in [4.69, 9.17) is 4.74 Å². The van der Waals surface area contributed by atoms with E-state index in [1.807, 2.05) is 18.2 Å². The number of carbonyl (C=O) groups is 1. The number of phenols is 1. The lowest BCUT2D eigenvalue weighted by Gasteiger charge is -2.13. The molecule has 3 rings (SSSR count). The SMILES string of the molecule is C=CCc1cc(/C=C2\S[C@H](Nc3ccc(CC)cc3)NC2=O)cc(OC)c1O. The van der Waals surface area contributed by atoms with E-state index in [2.05, 4.69) is 36.3 Å². The van der Waals surface area contributed by atoms with Gasteiger partial charge in [-0.15, -0.1) is 6.58 Å². The second-order valence-corrected chi connectivity index (χ2v) is 7.55. The summed E-state index contributed by atoms with van der Waals surface area (Å²) in [5.74, 6) is 0.341. The molecule has 1 aliphatic heterocycles. The quantitative estimate of drug-likeness (QED) is 0.481. The Morgan fingerprint density at radius 2 is 2.07 bits per heavy atom. The van der Waals surface area contributed by atoms with Crippen LogP contribution in [0.3, 0.4) is 0 Å². The molecule has 0 bridgehead atoms. The maximum Gasteiger partial charge on any atom is 0.260 e. The van der Waals surface area contributed by atoms with E-state index in [1.54, 1.807) is 18.2 Å². The maximum absolute atomic E-state index is 12.4. The number of carbonyl (C=O) groups excluding carboxylic acids is 1. The molecule has 1 amide bonds. The van der Waals surface area contributed by atoms with Gasteiger partial charge in [0.1, 0.15) is 0 Å². The summed E-state index contributed by atoms with van der Waals surface area (Å²) in [4.78, 5) is 13.0. The van der Waals surface area contributed by atoms with Gasteiger partial charge >= 0.3 is 0 Å². The van der Waals surface area contributed by atoms with Gasteiger partial charge in [-0.3, -0.25) is 4.79 Å². The van der Waals surface area contributed by atoms with Gasteiger partial charge in [-0.1, -0.05) is 36.9 Å². The van der Waals surface area contributed by atoms with Crippen LogP contribution in [0.4, 0.5) is 5.69 Å². The fourth-order valence-corrected chi connectivity index (χ4v) is 3.93. The van der Waals surface area contributed by atoms with Crippen molar-refractivity contribution in [1.82, 2.24) is 5.32 Å². The van der Waals surface area contributed by atoms with Crippen LogP contribution in [-0.2, 0) is 17.6 Å². The van der Waals surface area contributed by atoms with E-state index >= 15 is 0 Å². The zero-order valence-corrected chi connectivity index (χ0v) is 16.8. The van der Waals surface area contributed by atoms with Gasteiger partial charge in [-0.05, 0) is 54.3 Å². The van der Waals surface area contributed by atoms with Crippen LogP contribution < -0.4 is 15.4 Å². The molecular formula is C22H24N2O3S. The molecule has 1 saturated heterocycles. The van der Waals surface area contributed by atoms with Crippen LogP contribution in [0.5, 0.6) is 11.5 Å².